The molecule has 4 nitrogen and oxygen atoms in total. The van der Waals surface area contributed by atoms with Crippen LogP contribution in [0.3, 0.4) is 0 Å². The van der Waals surface area contributed by atoms with Gasteiger partial charge in [0.15, 0.2) is 5.82 Å². The summed E-state index contributed by atoms with van der Waals surface area (Å²) in [5.41, 5.74) is 4.06. The Labute approximate surface area is 128 Å². The van der Waals surface area contributed by atoms with Crippen molar-refractivity contribution in [2.75, 3.05) is 0 Å². The number of nitrogens with zero attached hydrogens (tertiary/aromatic N) is 4. The lowest BCUT2D eigenvalue weighted by atomic mass is 10.1. The van der Waals surface area contributed by atoms with Gasteiger partial charge in [0.1, 0.15) is 0 Å². The first kappa shape index (κ1) is 12.7. The summed E-state index contributed by atoms with van der Waals surface area (Å²) in [6, 6.07) is 16.1. The van der Waals surface area contributed by atoms with Gasteiger partial charge in [0.25, 0.3) is 0 Å². The minimum absolute atomic E-state index is 0.724. The van der Waals surface area contributed by atoms with Crippen molar-refractivity contribution in [3.63, 3.8) is 0 Å². The number of para-hydroxylation sites is 2. The lowest BCUT2D eigenvalue weighted by molar-refractivity contribution is 1.00. The maximum absolute atomic E-state index is 4.70. The first-order chi connectivity index (χ1) is 10.8. The first-order valence-corrected chi connectivity index (χ1v) is 7.13. The van der Waals surface area contributed by atoms with Crippen LogP contribution >= 0.6 is 0 Å². The second-order valence-corrected chi connectivity index (χ2v) is 5.17. The Morgan fingerprint density at radius 2 is 1.73 bits per heavy atom. The summed E-state index contributed by atoms with van der Waals surface area (Å²) >= 11 is 0. The minimum Gasteiger partial charge on any atom is -0.303 e. The van der Waals surface area contributed by atoms with E-state index >= 15 is 0 Å². The van der Waals surface area contributed by atoms with Crippen LogP contribution in [0.15, 0.2) is 67.3 Å². The monoisotopic (exact) mass is 286 g/mol. The Hall–Kier alpha value is -3.01. The van der Waals surface area contributed by atoms with Crippen LogP contribution in [-0.4, -0.2) is 19.5 Å². The fourth-order valence-electron chi connectivity index (χ4n) is 2.59. The van der Waals surface area contributed by atoms with Crippen LogP contribution in [0.4, 0.5) is 0 Å². The van der Waals surface area contributed by atoms with Gasteiger partial charge in [0.2, 0.25) is 0 Å². The van der Waals surface area contributed by atoms with Crippen molar-refractivity contribution in [1.82, 2.24) is 19.5 Å². The molecule has 0 amide bonds. The zero-order chi connectivity index (χ0) is 14.9. The molecular weight excluding hydrogens is 272 g/mol. The number of benzene rings is 2. The molecule has 4 rings (SSSR count). The first-order valence-electron chi connectivity index (χ1n) is 7.13. The molecule has 0 N–H and O–H groups in total. The van der Waals surface area contributed by atoms with E-state index in [1.165, 1.54) is 0 Å². The van der Waals surface area contributed by atoms with Gasteiger partial charge in [-0.1, -0.05) is 30.3 Å². The molecule has 0 aliphatic heterocycles. The lowest BCUT2D eigenvalue weighted by Crippen LogP contribution is -1.99. The molecule has 4 heteroatoms. The molecule has 0 radical (unpaired) electrons. The minimum atomic E-state index is 0.724. The van der Waals surface area contributed by atoms with Crippen molar-refractivity contribution in [1.29, 1.82) is 0 Å². The number of imidazole rings is 1. The quantitative estimate of drug-likeness (QED) is 0.563. The number of fused-ring (bicyclic) bond motifs is 1. The number of aromatic nitrogens is 4. The smallest absolute Gasteiger partial charge is 0.161 e. The molecule has 0 fully saturated rings. The van der Waals surface area contributed by atoms with Crippen LogP contribution in [0.25, 0.3) is 28.0 Å². The van der Waals surface area contributed by atoms with E-state index in [0.29, 0.717) is 0 Å². The third-order valence-electron chi connectivity index (χ3n) is 3.72. The van der Waals surface area contributed by atoms with Crippen molar-refractivity contribution in [3.05, 3.63) is 72.9 Å². The average Bonchev–Trinajstić information content (AvgIpc) is 3.00. The number of aryl methyl sites for hydroxylation is 1. The zero-order valence-corrected chi connectivity index (χ0v) is 12.1. The van der Waals surface area contributed by atoms with E-state index in [1.807, 2.05) is 72.7 Å². The van der Waals surface area contributed by atoms with Gasteiger partial charge in [-0.15, -0.1) is 0 Å². The molecule has 0 saturated carbocycles. The topological polar surface area (TPSA) is 43.6 Å². The summed E-state index contributed by atoms with van der Waals surface area (Å²) in [7, 11) is 0. The van der Waals surface area contributed by atoms with Gasteiger partial charge in [-0.25, -0.2) is 15.0 Å². The summed E-state index contributed by atoms with van der Waals surface area (Å²) in [6.07, 6.45) is 5.53. The van der Waals surface area contributed by atoms with Gasteiger partial charge < -0.3 is 4.57 Å². The van der Waals surface area contributed by atoms with Crippen LogP contribution in [-0.2, 0) is 0 Å². The summed E-state index contributed by atoms with van der Waals surface area (Å²) in [4.78, 5) is 13.4. The van der Waals surface area contributed by atoms with E-state index < -0.39 is 0 Å². The molecule has 0 spiro atoms. The maximum Gasteiger partial charge on any atom is 0.161 e. The summed E-state index contributed by atoms with van der Waals surface area (Å²) in [6.45, 7) is 2.03. The van der Waals surface area contributed by atoms with Crippen LogP contribution in [0.2, 0.25) is 0 Å². The average molecular weight is 286 g/mol. The highest BCUT2D eigenvalue weighted by Gasteiger charge is 2.11. The van der Waals surface area contributed by atoms with Gasteiger partial charge in [-0.3, -0.25) is 0 Å². The largest absolute Gasteiger partial charge is 0.303 e. The molecule has 2 aromatic heterocycles. The Kier molecular flexibility index (Phi) is 2.93. The zero-order valence-electron chi connectivity index (χ0n) is 12.1. The van der Waals surface area contributed by atoms with Crippen LogP contribution in [0.5, 0.6) is 0 Å². The molecule has 0 aliphatic rings. The summed E-state index contributed by atoms with van der Waals surface area (Å²) in [5.74, 6) is 0.724. The Balaban J connectivity index is 1.93. The van der Waals surface area contributed by atoms with E-state index in [1.54, 1.807) is 0 Å². The maximum atomic E-state index is 4.70. The molecule has 0 unspecified atom stereocenters. The van der Waals surface area contributed by atoms with Gasteiger partial charge in [0, 0.05) is 29.0 Å². The Morgan fingerprint density at radius 1 is 0.909 bits per heavy atom. The second-order valence-electron chi connectivity index (χ2n) is 5.17. The van der Waals surface area contributed by atoms with Crippen LogP contribution in [0.1, 0.15) is 5.69 Å². The highest BCUT2D eigenvalue weighted by atomic mass is 15.1. The number of hydrogen-bond donors (Lipinski definition) is 0. The van der Waals surface area contributed by atoms with E-state index in [-0.39, 0.29) is 0 Å². The molecule has 0 atom stereocenters. The molecular formula is C18H14N4. The molecule has 106 valence electrons. The van der Waals surface area contributed by atoms with Crippen molar-refractivity contribution < 1.29 is 0 Å². The molecule has 0 aliphatic carbocycles. The molecule has 2 heterocycles. The number of hydrogen-bond acceptors (Lipinski definition) is 3. The van der Waals surface area contributed by atoms with Crippen molar-refractivity contribution >= 4 is 10.9 Å². The predicted molar refractivity (Wildman–Crippen MR) is 86.8 cm³/mol. The fraction of sp³-hybridized carbons (Fsp3) is 0.0556. The van der Waals surface area contributed by atoms with Crippen LogP contribution < -0.4 is 0 Å². The Morgan fingerprint density at radius 3 is 2.59 bits per heavy atom. The van der Waals surface area contributed by atoms with Crippen molar-refractivity contribution in [3.8, 4) is 17.1 Å². The van der Waals surface area contributed by atoms with Gasteiger partial charge in [-0.05, 0) is 25.1 Å². The molecule has 0 saturated heterocycles. The molecule has 4 aromatic rings. The molecule has 0 bridgehead atoms. The third kappa shape index (κ3) is 2.05. The normalized spacial score (nSPS) is 11.0. The lowest BCUT2D eigenvalue weighted by Gasteiger charge is -2.11. The van der Waals surface area contributed by atoms with E-state index in [4.69, 9.17) is 4.98 Å². The molecule has 2 aromatic carbocycles. The van der Waals surface area contributed by atoms with Crippen molar-refractivity contribution in [2.24, 2.45) is 0 Å². The summed E-state index contributed by atoms with van der Waals surface area (Å²) in [5, 5.41) is 1.04. The summed E-state index contributed by atoms with van der Waals surface area (Å²) < 4.78 is 2.05. The van der Waals surface area contributed by atoms with E-state index in [0.717, 1.165) is 33.7 Å². The highest BCUT2D eigenvalue weighted by molar-refractivity contribution is 5.80. The Bertz CT molecular complexity index is 956. The highest BCUT2D eigenvalue weighted by Crippen LogP contribution is 2.25. The second kappa shape index (κ2) is 5.07. The van der Waals surface area contributed by atoms with Gasteiger partial charge in [0.05, 0.1) is 17.5 Å². The fourth-order valence-corrected chi connectivity index (χ4v) is 2.59. The third-order valence-corrected chi connectivity index (χ3v) is 3.72. The van der Waals surface area contributed by atoms with E-state index in [2.05, 4.69) is 16.0 Å². The molecule has 22 heavy (non-hydrogen) atoms. The predicted octanol–water partition coefficient (Wildman–Crippen LogP) is 3.79. The standard InChI is InChI=1S/C18H14N4/c1-13-10-19-12-22(13)17-9-5-3-7-15(17)18-20-11-14-6-2-4-8-16(14)21-18/h2-12H,1H3. The van der Waals surface area contributed by atoms with Gasteiger partial charge in [-0.2, -0.15) is 0 Å². The number of rotatable bonds is 2. The van der Waals surface area contributed by atoms with Crippen molar-refractivity contribution in [2.45, 2.75) is 6.92 Å². The SMILES string of the molecule is Cc1cncn1-c1ccccc1-c1ncc2ccccc2n1. The van der Waals surface area contributed by atoms with Gasteiger partial charge >= 0.3 is 0 Å². The van der Waals surface area contributed by atoms with Crippen LogP contribution in [0, 0.1) is 6.92 Å². The van der Waals surface area contributed by atoms with E-state index in [9.17, 15) is 0 Å².